The molecule has 1 aliphatic rings. The van der Waals surface area contributed by atoms with Gasteiger partial charge in [0.25, 0.3) is 0 Å². The van der Waals surface area contributed by atoms with Gasteiger partial charge in [-0.3, -0.25) is 9.59 Å². The lowest BCUT2D eigenvalue weighted by Gasteiger charge is -2.12. The third kappa shape index (κ3) is 1.64. The molecule has 0 aliphatic carbocycles. The standard InChI is InChI=1S/C10H10N2O4/c1-5(13)11-6-2-3-8-7(4-6)9(14)10(15,16)12-8/h2-4,12,15-16H,1H3,(H,11,13). The second-order valence-electron chi connectivity index (χ2n) is 3.57. The highest BCUT2D eigenvalue weighted by Crippen LogP contribution is 2.31. The Hall–Kier alpha value is -1.92. The monoisotopic (exact) mass is 222 g/mol. The van der Waals surface area contributed by atoms with Crippen molar-refractivity contribution in [1.29, 1.82) is 0 Å². The SMILES string of the molecule is CC(=O)Nc1ccc2c(c1)C(=O)C(O)(O)N2. The molecule has 0 atom stereocenters. The van der Waals surface area contributed by atoms with E-state index >= 15 is 0 Å². The molecule has 0 fully saturated rings. The number of carbonyl (C=O) groups excluding carboxylic acids is 2. The summed E-state index contributed by atoms with van der Waals surface area (Å²) in [6.07, 6.45) is 0. The molecule has 1 heterocycles. The van der Waals surface area contributed by atoms with E-state index in [0.29, 0.717) is 11.4 Å². The Morgan fingerprint density at radius 3 is 2.75 bits per heavy atom. The van der Waals surface area contributed by atoms with Gasteiger partial charge in [0, 0.05) is 18.3 Å². The van der Waals surface area contributed by atoms with Crippen molar-refractivity contribution >= 4 is 23.1 Å². The van der Waals surface area contributed by atoms with Crippen molar-refractivity contribution in [2.45, 2.75) is 12.8 Å². The van der Waals surface area contributed by atoms with E-state index in [1.807, 2.05) is 0 Å². The number of aliphatic hydroxyl groups is 2. The predicted octanol–water partition coefficient (Wildman–Crippen LogP) is -0.108. The van der Waals surface area contributed by atoms with Crippen LogP contribution >= 0.6 is 0 Å². The Bertz CT molecular complexity index is 482. The third-order valence-electron chi connectivity index (χ3n) is 2.21. The molecule has 1 aromatic rings. The van der Waals surface area contributed by atoms with E-state index in [4.69, 9.17) is 0 Å². The lowest BCUT2D eigenvalue weighted by molar-refractivity contribution is -0.114. The fourth-order valence-corrected chi connectivity index (χ4v) is 1.55. The van der Waals surface area contributed by atoms with Crippen LogP contribution in [0.5, 0.6) is 0 Å². The van der Waals surface area contributed by atoms with Crippen LogP contribution in [-0.2, 0) is 4.79 Å². The number of Topliss-reactive ketones (excluding diaryl/α,β-unsaturated/α-hetero) is 1. The molecule has 16 heavy (non-hydrogen) atoms. The Balaban J connectivity index is 2.39. The van der Waals surface area contributed by atoms with E-state index < -0.39 is 11.7 Å². The molecule has 6 nitrogen and oxygen atoms in total. The number of fused-ring (bicyclic) bond motifs is 1. The Morgan fingerprint density at radius 1 is 1.44 bits per heavy atom. The van der Waals surface area contributed by atoms with Crippen LogP contribution in [0.1, 0.15) is 17.3 Å². The molecule has 4 N–H and O–H groups in total. The minimum absolute atomic E-state index is 0.135. The van der Waals surface area contributed by atoms with Crippen molar-refractivity contribution in [2.75, 3.05) is 10.6 Å². The number of ketones is 1. The molecular weight excluding hydrogens is 212 g/mol. The molecule has 84 valence electrons. The molecule has 0 aromatic heterocycles. The maximum Gasteiger partial charge on any atom is 0.312 e. The van der Waals surface area contributed by atoms with Crippen LogP contribution in [0.25, 0.3) is 0 Å². The first-order valence-electron chi connectivity index (χ1n) is 4.59. The van der Waals surface area contributed by atoms with Gasteiger partial charge >= 0.3 is 5.91 Å². The van der Waals surface area contributed by atoms with Gasteiger partial charge in [0.2, 0.25) is 11.7 Å². The van der Waals surface area contributed by atoms with Crippen LogP contribution < -0.4 is 10.6 Å². The van der Waals surface area contributed by atoms with E-state index in [9.17, 15) is 19.8 Å². The summed E-state index contributed by atoms with van der Waals surface area (Å²) >= 11 is 0. The van der Waals surface area contributed by atoms with Crippen molar-refractivity contribution in [1.82, 2.24) is 0 Å². The second kappa shape index (κ2) is 3.29. The zero-order chi connectivity index (χ0) is 11.9. The van der Waals surface area contributed by atoms with Crippen molar-refractivity contribution in [3.05, 3.63) is 23.8 Å². The molecule has 2 rings (SSSR count). The first kappa shape index (κ1) is 10.6. The predicted molar refractivity (Wildman–Crippen MR) is 55.9 cm³/mol. The van der Waals surface area contributed by atoms with Gasteiger partial charge in [0.05, 0.1) is 5.56 Å². The average Bonchev–Trinajstić information content (AvgIpc) is 2.38. The van der Waals surface area contributed by atoms with Crippen LogP contribution in [0.3, 0.4) is 0 Å². The van der Waals surface area contributed by atoms with E-state index in [-0.39, 0.29) is 11.5 Å². The number of amides is 1. The zero-order valence-electron chi connectivity index (χ0n) is 8.44. The number of nitrogens with one attached hydrogen (secondary N) is 2. The van der Waals surface area contributed by atoms with Crippen molar-refractivity contribution in [3.8, 4) is 0 Å². The highest BCUT2D eigenvalue weighted by atomic mass is 16.5. The lowest BCUT2D eigenvalue weighted by atomic mass is 10.1. The summed E-state index contributed by atoms with van der Waals surface area (Å²) in [5.74, 6) is -3.66. The van der Waals surface area contributed by atoms with Gasteiger partial charge in [-0.05, 0) is 18.2 Å². The smallest absolute Gasteiger partial charge is 0.312 e. The molecule has 0 saturated carbocycles. The normalized spacial score (nSPS) is 16.6. The van der Waals surface area contributed by atoms with Crippen LogP contribution in [-0.4, -0.2) is 27.8 Å². The fraction of sp³-hybridized carbons (Fsp3) is 0.200. The molecular formula is C10H10N2O4. The summed E-state index contributed by atoms with van der Waals surface area (Å²) in [6.45, 7) is 1.34. The van der Waals surface area contributed by atoms with E-state index in [2.05, 4.69) is 10.6 Å². The third-order valence-corrected chi connectivity index (χ3v) is 2.21. The Morgan fingerprint density at radius 2 is 2.12 bits per heavy atom. The van der Waals surface area contributed by atoms with Crippen molar-refractivity contribution in [2.24, 2.45) is 0 Å². The number of hydrogen-bond acceptors (Lipinski definition) is 5. The topological polar surface area (TPSA) is 98.7 Å². The summed E-state index contributed by atoms with van der Waals surface area (Å²) in [6, 6.07) is 4.44. The lowest BCUT2D eigenvalue weighted by Crippen LogP contribution is -2.40. The number of carbonyl (C=O) groups is 2. The van der Waals surface area contributed by atoms with Gasteiger partial charge in [-0.25, -0.2) is 0 Å². The number of hydrogen-bond donors (Lipinski definition) is 4. The minimum Gasteiger partial charge on any atom is -0.343 e. The van der Waals surface area contributed by atoms with E-state index in [0.717, 1.165) is 0 Å². The van der Waals surface area contributed by atoms with Gasteiger partial charge < -0.3 is 20.8 Å². The Labute approximate surface area is 90.9 Å². The van der Waals surface area contributed by atoms with Crippen LogP contribution in [0, 0.1) is 0 Å². The molecule has 0 unspecified atom stereocenters. The molecule has 1 aromatic carbocycles. The first-order chi connectivity index (χ1) is 7.40. The summed E-state index contributed by atoms with van der Waals surface area (Å²) < 4.78 is 0. The van der Waals surface area contributed by atoms with Crippen LogP contribution in [0.15, 0.2) is 18.2 Å². The largest absolute Gasteiger partial charge is 0.343 e. The number of benzene rings is 1. The molecule has 6 heteroatoms. The molecule has 0 saturated heterocycles. The van der Waals surface area contributed by atoms with Gasteiger partial charge in [-0.15, -0.1) is 0 Å². The van der Waals surface area contributed by atoms with Crippen molar-refractivity contribution in [3.63, 3.8) is 0 Å². The zero-order valence-corrected chi connectivity index (χ0v) is 8.44. The van der Waals surface area contributed by atoms with Gasteiger partial charge in [0.1, 0.15) is 0 Å². The van der Waals surface area contributed by atoms with Crippen molar-refractivity contribution < 1.29 is 19.8 Å². The van der Waals surface area contributed by atoms with Gasteiger partial charge in [-0.2, -0.15) is 0 Å². The average molecular weight is 222 g/mol. The summed E-state index contributed by atoms with van der Waals surface area (Å²) in [4.78, 5) is 22.3. The first-order valence-corrected chi connectivity index (χ1v) is 4.59. The molecule has 1 aliphatic heterocycles. The fourth-order valence-electron chi connectivity index (χ4n) is 1.55. The summed E-state index contributed by atoms with van der Waals surface area (Å²) in [5, 5.41) is 23.3. The Kier molecular flexibility index (Phi) is 2.18. The number of anilines is 2. The molecule has 0 spiro atoms. The van der Waals surface area contributed by atoms with Gasteiger partial charge in [-0.1, -0.05) is 0 Å². The molecule has 1 amide bonds. The van der Waals surface area contributed by atoms with E-state index in [1.165, 1.54) is 19.1 Å². The maximum atomic E-state index is 11.5. The molecule has 0 bridgehead atoms. The quantitative estimate of drug-likeness (QED) is 0.497. The minimum atomic E-state index is -2.56. The summed E-state index contributed by atoms with van der Waals surface area (Å²) in [7, 11) is 0. The number of rotatable bonds is 1. The highest BCUT2D eigenvalue weighted by molar-refractivity contribution is 6.12. The van der Waals surface area contributed by atoms with Gasteiger partial charge in [0.15, 0.2) is 0 Å². The van der Waals surface area contributed by atoms with Crippen LogP contribution in [0.2, 0.25) is 0 Å². The molecule has 0 radical (unpaired) electrons. The maximum absolute atomic E-state index is 11.5. The highest BCUT2D eigenvalue weighted by Gasteiger charge is 2.42. The van der Waals surface area contributed by atoms with Crippen LogP contribution in [0.4, 0.5) is 11.4 Å². The second-order valence-corrected chi connectivity index (χ2v) is 3.57. The van der Waals surface area contributed by atoms with E-state index in [1.54, 1.807) is 6.07 Å². The summed E-state index contributed by atoms with van der Waals surface area (Å²) in [5.41, 5.74) is 0.888.